The van der Waals surface area contributed by atoms with Crippen LogP contribution in [-0.4, -0.2) is 30.2 Å². The lowest BCUT2D eigenvalue weighted by molar-refractivity contribution is -0.952. The monoisotopic (exact) mass is 467 g/mol. The minimum Gasteiger partial charge on any atom is -0.321 e. The fourth-order valence-corrected chi connectivity index (χ4v) is 5.90. The van der Waals surface area contributed by atoms with Gasteiger partial charge in [0.25, 0.3) is 0 Å². The van der Waals surface area contributed by atoms with Crippen LogP contribution in [0.1, 0.15) is 182 Å². The Morgan fingerprint density at radius 3 is 1.00 bits per heavy atom. The van der Waals surface area contributed by atoms with Gasteiger partial charge in [-0.05, 0) is 38.5 Å². The first-order chi connectivity index (χ1) is 16.2. The van der Waals surface area contributed by atoms with Gasteiger partial charge in [0.2, 0.25) is 0 Å². The number of hydrogen-bond donors (Lipinski definition) is 0. The second-order valence-corrected chi connectivity index (χ2v) is 11.3. The first kappa shape index (κ1) is 33.0. The molecule has 0 rings (SSSR count). The van der Waals surface area contributed by atoms with Crippen LogP contribution in [0.4, 0.5) is 0 Å². The van der Waals surface area contributed by atoms with Crippen molar-refractivity contribution < 1.29 is 4.48 Å². The quantitative estimate of drug-likeness (QED) is 0.0833. The molecule has 0 saturated heterocycles. The Balaban J connectivity index is 4.23. The van der Waals surface area contributed by atoms with E-state index in [0.29, 0.717) is 0 Å². The van der Waals surface area contributed by atoms with Crippen LogP contribution in [0.2, 0.25) is 0 Å². The molecule has 0 spiro atoms. The van der Waals surface area contributed by atoms with Gasteiger partial charge in [-0.25, -0.2) is 0 Å². The Morgan fingerprint density at radius 1 is 0.333 bits per heavy atom. The Bertz CT molecular complexity index is 342. The maximum Gasteiger partial charge on any atom is 0.0890 e. The van der Waals surface area contributed by atoms with Gasteiger partial charge in [0.05, 0.1) is 25.7 Å². The van der Waals surface area contributed by atoms with E-state index in [1.807, 2.05) is 0 Å². The molecule has 0 saturated carbocycles. The van der Waals surface area contributed by atoms with Crippen molar-refractivity contribution in [2.75, 3.05) is 19.6 Å². The van der Waals surface area contributed by atoms with Crippen LogP contribution in [0.3, 0.4) is 0 Å². The van der Waals surface area contributed by atoms with Gasteiger partial charge in [-0.2, -0.15) is 0 Å². The predicted octanol–water partition coefficient (Wildman–Crippen LogP) is 11.2. The maximum atomic E-state index is 2.42. The highest BCUT2D eigenvalue weighted by Crippen LogP contribution is 2.27. The average molecular weight is 467 g/mol. The molecule has 0 aliphatic carbocycles. The van der Waals surface area contributed by atoms with Crippen molar-refractivity contribution >= 4 is 0 Å². The summed E-state index contributed by atoms with van der Waals surface area (Å²) >= 11 is 0. The highest BCUT2D eigenvalue weighted by atomic mass is 15.4. The largest absolute Gasteiger partial charge is 0.321 e. The molecule has 0 fully saturated rings. The van der Waals surface area contributed by atoms with Crippen LogP contribution in [-0.2, 0) is 0 Å². The summed E-state index contributed by atoms with van der Waals surface area (Å²) in [6.45, 7) is 16.2. The topological polar surface area (TPSA) is 0 Å². The molecule has 1 heteroatoms. The molecule has 0 bridgehead atoms. The van der Waals surface area contributed by atoms with Crippen LogP contribution in [0.5, 0.6) is 0 Å². The molecule has 1 nitrogen and oxygen atoms in total. The molecule has 0 aromatic carbocycles. The summed E-state index contributed by atoms with van der Waals surface area (Å²) in [5, 5.41) is 0. The molecular formula is C32H68N+. The van der Waals surface area contributed by atoms with E-state index >= 15 is 0 Å². The summed E-state index contributed by atoms with van der Waals surface area (Å²) in [5.74, 6) is 0. The molecular weight excluding hydrogens is 398 g/mol. The molecule has 0 amide bonds. The summed E-state index contributed by atoms with van der Waals surface area (Å²) in [5.41, 5.74) is 0. The molecule has 0 aromatic rings. The smallest absolute Gasteiger partial charge is 0.0890 e. The zero-order valence-corrected chi connectivity index (χ0v) is 24.4. The van der Waals surface area contributed by atoms with E-state index in [1.54, 1.807) is 0 Å². The lowest BCUT2D eigenvalue weighted by Crippen LogP contribution is -2.57. The third-order valence-electron chi connectivity index (χ3n) is 8.16. The van der Waals surface area contributed by atoms with Crippen molar-refractivity contribution in [3.05, 3.63) is 0 Å². The molecule has 0 aliphatic rings. The summed E-state index contributed by atoms with van der Waals surface area (Å²) in [6.07, 6.45) is 33.2. The molecule has 0 radical (unpaired) electrons. The lowest BCUT2D eigenvalue weighted by atomic mass is 9.96. The summed E-state index contributed by atoms with van der Waals surface area (Å²) in [4.78, 5) is 0. The minimum absolute atomic E-state index is 0.928. The molecule has 33 heavy (non-hydrogen) atoms. The second-order valence-electron chi connectivity index (χ2n) is 11.3. The highest BCUT2D eigenvalue weighted by molar-refractivity contribution is 4.64. The van der Waals surface area contributed by atoms with Crippen molar-refractivity contribution in [1.29, 1.82) is 0 Å². The normalized spacial score (nSPS) is 13.0. The number of unbranched alkanes of at least 4 members (excludes halogenated alkanes) is 16. The van der Waals surface area contributed by atoms with E-state index in [4.69, 9.17) is 0 Å². The molecule has 0 heterocycles. The first-order valence-corrected chi connectivity index (χ1v) is 16.1. The van der Waals surface area contributed by atoms with E-state index in [-0.39, 0.29) is 0 Å². The van der Waals surface area contributed by atoms with E-state index < -0.39 is 0 Å². The van der Waals surface area contributed by atoms with Gasteiger partial charge in [-0.3, -0.25) is 0 Å². The first-order valence-electron chi connectivity index (χ1n) is 16.1. The standard InChI is InChI=1S/C32H68N/c1-6-11-15-16-17-18-19-20-21-22-23-24-25-26-28-32(27-10-5)33(29-12-7-2,30-13-8-3)31-14-9-4/h32H,6-31H2,1-5H3/q+1. The average Bonchev–Trinajstić information content (AvgIpc) is 2.83. The van der Waals surface area contributed by atoms with E-state index in [2.05, 4.69) is 34.6 Å². The van der Waals surface area contributed by atoms with Crippen LogP contribution in [0.25, 0.3) is 0 Å². The van der Waals surface area contributed by atoms with Gasteiger partial charge < -0.3 is 4.48 Å². The predicted molar refractivity (Wildman–Crippen MR) is 153 cm³/mol. The summed E-state index contributed by atoms with van der Waals surface area (Å²) in [6, 6.07) is 0.928. The van der Waals surface area contributed by atoms with Crippen molar-refractivity contribution in [3.63, 3.8) is 0 Å². The van der Waals surface area contributed by atoms with Gasteiger partial charge in [0, 0.05) is 0 Å². The van der Waals surface area contributed by atoms with Crippen molar-refractivity contribution in [1.82, 2.24) is 0 Å². The van der Waals surface area contributed by atoms with E-state index in [0.717, 1.165) is 6.04 Å². The van der Waals surface area contributed by atoms with Gasteiger partial charge in [0.15, 0.2) is 0 Å². The van der Waals surface area contributed by atoms with Gasteiger partial charge in [-0.1, -0.05) is 144 Å². The van der Waals surface area contributed by atoms with Gasteiger partial charge in [-0.15, -0.1) is 0 Å². The fraction of sp³-hybridized carbons (Fsp3) is 1.00. The molecule has 200 valence electrons. The summed E-state index contributed by atoms with van der Waals surface area (Å²) in [7, 11) is 0. The number of nitrogens with zero attached hydrogens (tertiary/aromatic N) is 1. The van der Waals surface area contributed by atoms with Crippen molar-refractivity contribution in [2.24, 2.45) is 0 Å². The highest BCUT2D eigenvalue weighted by Gasteiger charge is 2.34. The maximum absolute atomic E-state index is 2.42. The molecule has 1 atom stereocenters. The third-order valence-corrected chi connectivity index (χ3v) is 8.16. The Labute approximate surface area is 212 Å². The zero-order valence-electron chi connectivity index (χ0n) is 24.4. The lowest BCUT2D eigenvalue weighted by Gasteiger charge is -2.46. The number of quaternary nitrogens is 1. The number of rotatable bonds is 27. The molecule has 1 unspecified atom stereocenters. The van der Waals surface area contributed by atoms with Crippen molar-refractivity contribution in [2.45, 2.75) is 188 Å². The Kier molecular flexibility index (Phi) is 25.0. The Morgan fingerprint density at radius 2 is 0.667 bits per heavy atom. The Hall–Kier alpha value is -0.0400. The number of hydrogen-bond acceptors (Lipinski definition) is 0. The van der Waals surface area contributed by atoms with Crippen LogP contribution in [0.15, 0.2) is 0 Å². The fourth-order valence-electron chi connectivity index (χ4n) is 5.90. The van der Waals surface area contributed by atoms with Gasteiger partial charge >= 0.3 is 0 Å². The SMILES string of the molecule is CCCCCCCCCCCCCCCCC(CCC)[N+](CCCC)(CCCC)CCCC. The van der Waals surface area contributed by atoms with E-state index in [1.165, 1.54) is 172 Å². The molecule has 0 aromatic heterocycles. The zero-order chi connectivity index (χ0) is 24.5. The third kappa shape index (κ3) is 18.0. The van der Waals surface area contributed by atoms with Gasteiger partial charge in [0.1, 0.15) is 0 Å². The molecule has 0 aliphatic heterocycles. The van der Waals surface area contributed by atoms with E-state index in [9.17, 15) is 0 Å². The van der Waals surface area contributed by atoms with Crippen LogP contribution < -0.4 is 0 Å². The van der Waals surface area contributed by atoms with Crippen molar-refractivity contribution in [3.8, 4) is 0 Å². The summed E-state index contributed by atoms with van der Waals surface area (Å²) < 4.78 is 1.46. The van der Waals surface area contributed by atoms with Crippen LogP contribution >= 0.6 is 0 Å². The second kappa shape index (κ2) is 25.1. The minimum atomic E-state index is 0.928. The van der Waals surface area contributed by atoms with Crippen LogP contribution in [0, 0.1) is 0 Å². The molecule has 0 N–H and O–H groups in total.